The SMILES string of the molecule is CC(C)CC(CNCc1ccccc1O)N(C)C. The molecule has 1 rings (SSSR count). The van der Waals surface area contributed by atoms with E-state index in [1.54, 1.807) is 6.07 Å². The minimum absolute atomic E-state index is 0.371. The lowest BCUT2D eigenvalue weighted by Crippen LogP contribution is -2.38. The molecule has 0 heterocycles. The molecular formula is C15H26N2O. The Balaban J connectivity index is 2.41. The number of hydrogen-bond donors (Lipinski definition) is 2. The van der Waals surface area contributed by atoms with Gasteiger partial charge in [0.05, 0.1) is 0 Å². The van der Waals surface area contributed by atoms with Crippen molar-refractivity contribution in [2.75, 3.05) is 20.6 Å². The first kappa shape index (κ1) is 15.0. The molecule has 0 aliphatic heterocycles. The maximum atomic E-state index is 9.68. The second kappa shape index (κ2) is 7.39. The van der Waals surface area contributed by atoms with Gasteiger partial charge in [0.2, 0.25) is 0 Å². The van der Waals surface area contributed by atoms with Crippen LogP contribution in [0.4, 0.5) is 0 Å². The van der Waals surface area contributed by atoms with Crippen LogP contribution >= 0.6 is 0 Å². The van der Waals surface area contributed by atoms with Crippen LogP contribution in [0.1, 0.15) is 25.8 Å². The van der Waals surface area contributed by atoms with Crippen LogP contribution < -0.4 is 5.32 Å². The number of para-hydroxylation sites is 1. The second-order valence-electron chi connectivity index (χ2n) is 5.51. The Kier molecular flexibility index (Phi) is 6.16. The fourth-order valence-electron chi connectivity index (χ4n) is 2.05. The van der Waals surface area contributed by atoms with Gasteiger partial charge in [-0.3, -0.25) is 0 Å². The quantitative estimate of drug-likeness (QED) is 0.780. The number of phenolic OH excluding ortho intramolecular Hbond substituents is 1. The zero-order valence-corrected chi connectivity index (χ0v) is 12.0. The number of benzene rings is 1. The topological polar surface area (TPSA) is 35.5 Å². The van der Waals surface area contributed by atoms with E-state index in [9.17, 15) is 5.11 Å². The van der Waals surface area contributed by atoms with Crippen LogP contribution in [0.25, 0.3) is 0 Å². The van der Waals surface area contributed by atoms with E-state index in [0.29, 0.717) is 17.7 Å². The van der Waals surface area contributed by atoms with E-state index in [1.807, 2.05) is 18.2 Å². The lowest BCUT2D eigenvalue weighted by atomic mass is 10.0. The predicted molar refractivity (Wildman–Crippen MR) is 76.7 cm³/mol. The average molecular weight is 250 g/mol. The van der Waals surface area contributed by atoms with Crippen LogP contribution in [0.2, 0.25) is 0 Å². The Hall–Kier alpha value is -1.06. The second-order valence-corrected chi connectivity index (χ2v) is 5.51. The van der Waals surface area contributed by atoms with Gasteiger partial charge in [0.25, 0.3) is 0 Å². The standard InChI is InChI=1S/C15H26N2O/c1-12(2)9-14(17(3)4)11-16-10-13-7-5-6-8-15(13)18/h5-8,12,14,16,18H,9-11H2,1-4H3. The molecule has 1 aromatic rings. The molecule has 18 heavy (non-hydrogen) atoms. The molecule has 0 aromatic heterocycles. The highest BCUT2D eigenvalue weighted by Crippen LogP contribution is 2.15. The summed E-state index contributed by atoms with van der Waals surface area (Å²) in [5.41, 5.74) is 0.958. The molecule has 1 atom stereocenters. The summed E-state index contributed by atoms with van der Waals surface area (Å²) >= 11 is 0. The highest BCUT2D eigenvalue weighted by atomic mass is 16.3. The van der Waals surface area contributed by atoms with E-state index >= 15 is 0 Å². The van der Waals surface area contributed by atoms with Gasteiger partial charge in [0.1, 0.15) is 5.75 Å². The summed E-state index contributed by atoms with van der Waals surface area (Å²) in [4.78, 5) is 2.26. The number of nitrogens with zero attached hydrogens (tertiary/aromatic N) is 1. The molecule has 0 radical (unpaired) electrons. The maximum Gasteiger partial charge on any atom is 0.120 e. The Bertz CT molecular complexity index is 350. The summed E-state index contributed by atoms with van der Waals surface area (Å²) in [5, 5.41) is 13.1. The molecule has 0 aliphatic carbocycles. The fourth-order valence-corrected chi connectivity index (χ4v) is 2.05. The van der Waals surface area contributed by atoms with E-state index < -0.39 is 0 Å². The molecule has 1 unspecified atom stereocenters. The first-order chi connectivity index (χ1) is 8.50. The van der Waals surface area contributed by atoms with Gasteiger partial charge in [-0.15, -0.1) is 0 Å². The number of aromatic hydroxyl groups is 1. The summed E-state index contributed by atoms with van der Waals surface area (Å²) in [5.74, 6) is 1.07. The van der Waals surface area contributed by atoms with Gasteiger partial charge in [-0.1, -0.05) is 32.0 Å². The number of hydrogen-bond acceptors (Lipinski definition) is 3. The first-order valence-corrected chi connectivity index (χ1v) is 6.64. The molecule has 3 heteroatoms. The lowest BCUT2D eigenvalue weighted by molar-refractivity contribution is 0.246. The molecule has 0 aliphatic rings. The lowest BCUT2D eigenvalue weighted by Gasteiger charge is -2.26. The van der Waals surface area contributed by atoms with E-state index in [-0.39, 0.29) is 0 Å². The maximum absolute atomic E-state index is 9.68. The Morgan fingerprint density at radius 1 is 1.22 bits per heavy atom. The van der Waals surface area contributed by atoms with Crippen molar-refractivity contribution in [3.05, 3.63) is 29.8 Å². The summed E-state index contributed by atoms with van der Waals surface area (Å²) in [6, 6.07) is 8.02. The third kappa shape index (κ3) is 5.07. The van der Waals surface area contributed by atoms with Crippen LogP contribution in [0.3, 0.4) is 0 Å². The highest BCUT2D eigenvalue weighted by molar-refractivity contribution is 5.31. The Labute approximate surface area is 111 Å². The highest BCUT2D eigenvalue weighted by Gasteiger charge is 2.12. The van der Waals surface area contributed by atoms with Crippen LogP contribution in [0.5, 0.6) is 5.75 Å². The summed E-state index contributed by atoms with van der Waals surface area (Å²) in [6.45, 7) is 6.16. The van der Waals surface area contributed by atoms with Crippen molar-refractivity contribution in [1.29, 1.82) is 0 Å². The molecular weight excluding hydrogens is 224 g/mol. The van der Waals surface area contributed by atoms with Gasteiger partial charge in [0.15, 0.2) is 0 Å². The third-order valence-electron chi connectivity index (χ3n) is 3.16. The van der Waals surface area contributed by atoms with Gasteiger partial charge in [0, 0.05) is 24.7 Å². The smallest absolute Gasteiger partial charge is 0.120 e. The van der Waals surface area contributed by atoms with Crippen LogP contribution in [0.15, 0.2) is 24.3 Å². The molecule has 102 valence electrons. The normalized spacial score (nSPS) is 13.2. The molecule has 0 saturated heterocycles. The Morgan fingerprint density at radius 2 is 1.89 bits per heavy atom. The zero-order chi connectivity index (χ0) is 13.5. The molecule has 3 nitrogen and oxygen atoms in total. The fraction of sp³-hybridized carbons (Fsp3) is 0.600. The minimum Gasteiger partial charge on any atom is -0.508 e. The molecule has 0 bridgehead atoms. The third-order valence-corrected chi connectivity index (χ3v) is 3.16. The largest absolute Gasteiger partial charge is 0.508 e. The van der Waals surface area contributed by atoms with Crippen molar-refractivity contribution < 1.29 is 5.11 Å². The monoisotopic (exact) mass is 250 g/mol. The van der Waals surface area contributed by atoms with Crippen molar-refractivity contribution in [3.63, 3.8) is 0 Å². The van der Waals surface area contributed by atoms with Gasteiger partial charge < -0.3 is 15.3 Å². The predicted octanol–water partition coefficient (Wildman–Crippen LogP) is 2.46. The van der Waals surface area contributed by atoms with Crippen LogP contribution in [0, 0.1) is 5.92 Å². The minimum atomic E-state index is 0.371. The van der Waals surface area contributed by atoms with Gasteiger partial charge >= 0.3 is 0 Å². The summed E-state index contributed by atoms with van der Waals surface area (Å²) in [6.07, 6.45) is 1.18. The van der Waals surface area contributed by atoms with E-state index in [4.69, 9.17) is 0 Å². The number of rotatable bonds is 7. The van der Waals surface area contributed by atoms with Crippen molar-refractivity contribution >= 4 is 0 Å². The van der Waals surface area contributed by atoms with Crippen molar-refractivity contribution in [2.24, 2.45) is 5.92 Å². The van der Waals surface area contributed by atoms with E-state index in [0.717, 1.165) is 18.7 Å². The number of nitrogens with one attached hydrogen (secondary N) is 1. The molecule has 2 N–H and O–H groups in total. The summed E-state index contributed by atoms with van der Waals surface area (Å²) in [7, 11) is 4.24. The molecule has 0 amide bonds. The van der Waals surface area contributed by atoms with Crippen molar-refractivity contribution in [2.45, 2.75) is 32.9 Å². The van der Waals surface area contributed by atoms with Crippen molar-refractivity contribution in [3.8, 4) is 5.75 Å². The zero-order valence-electron chi connectivity index (χ0n) is 12.0. The molecule has 0 spiro atoms. The van der Waals surface area contributed by atoms with E-state index in [1.165, 1.54) is 6.42 Å². The number of likely N-dealkylation sites (N-methyl/N-ethyl adjacent to an activating group) is 1. The molecule has 0 saturated carbocycles. The van der Waals surface area contributed by atoms with E-state index in [2.05, 4.69) is 38.2 Å². The molecule has 0 fully saturated rings. The van der Waals surface area contributed by atoms with Crippen molar-refractivity contribution in [1.82, 2.24) is 10.2 Å². The number of phenols is 1. The first-order valence-electron chi connectivity index (χ1n) is 6.64. The van der Waals surface area contributed by atoms with Gasteiger partial charge in [-0.25, -0.2) is 0 Å². The van der Waals surface area contributed by atoms with Gasteiger partial charge in [-0.2, -0.15) is 0 Å². The van der Waals surface area contributed by atoms with Crippen LogP contribution in [-0.4, -0.2) is 36.7 Å². The summed E-state index contributed by atoms with van der Waals surface area (Å²) < 4.78 is 0. The Morgan fingerprint density at radius 3 is 2.44 bits per heavy atom. The molecule has 1 aromatic carbocycles. The average Bonchev–Trinajstić information content (AvgIpc) is 2.29. The van der Waals surface area contributed by atoms with Crippen LogP contribution in [-0.2, 0) is 6.54 Å². The van der Waals surface area contributed by atoms with Gasteiger partial charge in [-0.05, 0) is 32.5 Å².